The van der Waals surface area contributed by atoms with E-state index < -0.39 is 0 Å². The predicted molar refractivity (Wildman–Crippen MR) is 85.0 cm³/mol. The Morgan fingerprint density at radius 1 is 1.05 bits per heavy atom. The largest absolute Gasteiger partial charge is 0.341 e. The summed E-state index contributed by atoms with van der Waals surface area (Å²) in [5.74, 6) is 3.71. The molecule has 110 valence electrons. The number of anilines is 2. The number of aromatic nitrogens is 3. The Morgan fingerprint density at radius 2 is 1.80 bits per heavy atom. The number of hydrogen-bond donors (Lipinski definition) is 0. The van der Waals surface area contributed by atoms with Crippen LogP contribution in [0.25, 0.3) is 0 Å². The molecule has 0 radical (unpaired) electrons. The fourth-order valence-electron chi connectivity index (χ4n) is 2.72. The summed E-state index contributed by atoms with van der Waals surface area (Å²) in [6.07, 6.45) is 3.70. The normalized spacial score (nSPS) is 24.0. The molecule has 2 aliphatic heterocycles. The van der Waals surface area contributed by atoms with E-state index in [9.17, 15) is 0 Å². The average molecular weight is 314 g/mol. The Labute approximate surface area is 129 Å². The lowest BCUT2D eigenvalue weighted by molar-refractivity contribution is 0.566. The molecule has 3 heterocycles. The second-order valence-electron chi connectivity index (χ2n) is 5.37. The minimum Gasteiger partial charge on any atom is -0.341 e. The Bertz CT molecular complexity index is 466. The van der Waals surface area contributed by atoms with E-state index in [1.165, 1.54) is 19.3 Å². The maximum Gasteiger partial charge on any atom is 0.231 e. The van der Waals surface area contributed by atoms with Gasteiger partial charge in [0.05, 0.1) is 0 Å². The number of halogens is 1. The van der Waals surface area contributed by atoms with Gasteiger partial charge in [0.2, 0.25) is 17.2 Å². The molecular weight excluding hydrogens is 294 g/mol. The van der Waals surface area contributed by atoms with E-state index in [-0.39, 0.29) is 0 Å². The molecule has 3 rings (SSSR count). The zero-order valence-corrected chi connectivity index (χ0v) is 13.3. The highest BCUT2D eigenvalue weighted by Crippen LogP contribution is 2.24. The minimum atomic E-state index is 0.306. The molecular formula is C13H20ClN5S. The van der Waals surface area contributed by atoms with Crippen molar-refractivity contribution in [2.75, 3.05) is 40.9 Å². The molecule has 1 aromatic heterocycles. The molecule has 0 aromatic carbocycles. The lowest BCUT2D eigenvalue weighted by Gasteiger charge is -2.34. The monoisotopic (exact) mass is 313 g/mol. The van der Waals surface area contributed by atoms with E-state index in [0.29, 0.717) is 11.3 Å². The van der Waals surface area contributed by atoms with Crippen molar-refractivity contribution in [2.24, 2.45) is 0 Å². The highest BCUT2D eigenvalue weighted by atomic mass is 35.5. The summed E-state index contributed by atoms with van der Waals surface area (Å²) < 4.78 is 0. The SMILES string of the molecule is CC1CSCCN1c1nc(Cl)nc(N2CCCCC2)n1. The minimum absolute atomic E-state index is 0.306. The summed E-state index contributed by atoms with van der Waals surface area (Å²) in [6.45, 7) is 5.23. The van der Waals surface area contributed by atoms with Crippen LogP contribution >= 0.6 is 23.4 Å². The van der Waals surface area contributed by atoms with Gasteiger partial charge in [-0.05, 0) is 37.8 Å². The first-order valence-corrected chi connectivity index (χ1v) is 8.78. The smallest absolute Gasteiger partial charge is 0.231 e. The first-order valence-electron chi connectivity index (χ1n) is 7.25. The second-order valence-corrected chi connectivity index (χ2v) is 6.86. The molecule has 0 aliphatic carbocycles. The first-order chi connectivity index (χ1) is 9.74. The van der Waals surface area contributed by atoms with Gasteiger partial charge >= 0.3 is 0 Å². The predicted octanol–water partition coefficient (Wildman–Crippen LogP) is 2.46. The lowest BCUT2D eigenvalue weighted by Crippen LogP contribution is -2.42. The molecule has 2 fully saturated rings. The molecule has 1 atom stereocenters. The van der Waals surface area contributed by atoms with Crippen molar-refractivity contribution < 1.29 is 0 Å². The fraction of sp³-hybridized carbons (Fsp3) is 0.769. The van der Waals surface area contributed by atoms with Crippen LogP contribution in [-0.2, 0) is 0 Å². The summed E-state index contributed by atoms with van der Waals surface area (Å²) in [5, 5.41) is 0.306. The van der Waals surface area contributed by atoms with Crippen LogP contribution in [0, 0.1) is 0 Å². The van der Waals surface area contributed by atoms with Crippen LogP contribution in [0.1, 0.15) is 26.2 Å². The number of piperidine rings is 1. The number of thioether (sulfide) groups is 1. The molecule has 2 aliphatic rings. The Balaban J connectivity index is 1.85. The van der Waals surface area contributed by atoms with Gasteiger partial charge in [0.25, 0.3) is 0 Å². The van der Waals surface area contributed by atoms with Crippen molar-refractivity contribution in [3.63, 3.8) is 0 Å². The van der Waals surface area contributed by atoms with Gasteiger partial charge in [0, 0.05) is 37.2 Å². The molecule has 0 spiro atoms. The maximum atomic E-state index is 6.12. The van der Waals surface area contributed by atoms with Crippen molar-refractivity contribution in [1.82, 2.24) is 15.0 Å². The molecule has 1 aromatic rings. The molecule has 0 N–H and O–H groups in total. The fourth-order valence-corrected chi connectivity index (χ4v) is 3.88. The van der Waals surface area contributed by atoms with E-state index in [1.807, 2.05) is 11.8 Å². The first kappa shape index (κ1) is 14.2. The zero-order chi connectivity index (χ0) is 13.9. The van der Waals surface area contributed by atoms with Gasteiger partial charge < -0.3 is 9.80 Å². The van der Waals surface area contributed by atoms with Crippen molar-refractivity contribution in [3.8, 4) is 0 Å². The lowest BCUT2D eigenvalue weighted by atomic mass is 10.1. The van der Waals surface area contributed by atoms with E-state index in [1.54, 1.807) is 0 Å². The maximum absolute atomic E-state index is 6.12. The summed E-state index contributed by atoms with van der Waals surface area (Å²) in [7, 11) is 0. The van der Waals surface area contributed by atoms with Gasteiger partial charge in [-0.3, -0.25) is 0 Å². The average Bonchev–Trinajstić information content (AvgIpc) is 2.48. The summed E-state index contributed by atoms with van der Waals surface area (Å²) in [5.41, 5.74) is 0. The topological polar surface area (TPSA) is 45.2 Å². The molecule has 0 bridgehead atoms. The zero-order valence-electron chi connectivity index (χ0n) is 11.8. The molecule has 2 saturated heterocycles. The van der Waals surface area contributed by atoms with E-state index in [2.05, 4.69) is 31.7 Å². The third-order valence-electron chi connectivity index (χ3n) is 3.85. The molecule has 7 heteroatoms. The van der Waals surface area contributed by atoms with Crippen LogP contribution in [0.3, 0.4) is 0 Å². The summed E-state index contributed by atoms with van der Waals surface area (Å²) in [6, 6.07) is 0.446. The number of hydrogen-bond acceptors (Lipinski definition) is 6. The van der Waals surface area contributed by atoms with Crippen molar-refractivity contribution >= 4 is 35.3 Å². The van der Waals surface area contributed by atoms with Crippen LogP contribution in [-0.4, -0.2) is 52.1 Å². The highest BCUT2D eigenvalue weighted by Gasteiger charge is 2.23. The molecule has 5 nitrogen and oxygen atoms in total. The third-order valence-corrected chi connectivity index (χ3v) is 5.21. The Kier molecular flexibility index (Phi) is 4.51. The molecule has 1 unspecified atom stereocenters. The Morgan fingerprint density at radius 3 is 2.55 bits per heavy atom. The van der Waals surface area contributed by atoms with Crippen molar-refractivity contribution in [1.29, 1.82) is 0 Å². The number of nitrogens with zero attached hydrogens (tertiary/aromatic N) is 5. The van der Waals surface area contributed by atoms with E-state index in [4.69, 9.17) is 11.6 Å². The molecule has 0 amide bonds. The van der Waals surface area contributed by atoms with Gasteiger partial charge in [-0.2, -0.15) is 26.7 Å². The van der Waals surface area contributed by atoms with Crippen LogP contribution in [0.5, 0.6) is 0 Å². The van der Waals surface area contributed by atoms with Gasteiger partial charge in [-0.25, -0.2) is 0 Å². The second kappa shape index (κ2) is 6.35. The molecule has 20 heavy (non-hydrogen) atoms. The van der Waals surface area contributed by atoms with Crippen molar-refractivity contribution in [2.45, 2.75) is 32.2 Å². The van der Waals surface area contributed by atoms with Crippen LogP contribution < -0.4 is 9.80 Å². The molecule has 0 saturated carbocycles. The quantitative estimate of drug-likeness (QED) is 0.836. The summed E-state index contributed by atoms with van der Waals surface area (Å²) in [4.78, 5) is 17.8. The van der Waals surface area contributed by atoms with Crippen molar-refractivity contribution in [3.05, 3.63) is 5.28 Å². The highest BCUT2D eigenvalue weighted by molar-refractivity contribution is 7.99. The Hall–Kier alpha value is -0.750. The number of rotatable bonds is 2. The summed E-state index contributed by atoms with van der Waals surface area (Å²) >= 11 is 8.10. The standard InChI is InChI=1S/C13H20ClN5S/c1-10-9-20-8-7-19(10)13-16-11(14)15-12(17-13)18-5-3-2-4-6-18/h10H,2-9H2,1H3. The van der Waals surface area contributed by atoms with Crippen LogP contribution in [0.15, 0.2) is 0 Å². The van der Waals surface area contributed by atoms with E-state index >= 15 is 0 Å². The van der Waals surface area contributed by atoms with Gasteiger partial charge in [0.15, 0.2) is 0 Å². The van der Waals surface area contributed by atoms with Gasteiger partial charge in [-0.15, -0.1) is 0 Å². The third kappa shape index (κ3) is 3.11. The van der Waals surface area contributed by atoms with Crippen LogP contribution in [0.2, 0.25) is 5.28 Å². The van der Waals surface area contributed by atoms with Gasteiger partial charge in [-0.1, -0.05) is 0 Å². The van der Waals surface area contributed by atoms with Crippen LogP contribution in [0.4, 0.5) is 11.9 Å². The van der Waals surface area contributed by atoms with Gasteiger partial charge in [0.1, 0.15) is 0 Å². The van der Waals surface area contributed by atoms with E-state index in [0.717, 1.165) is 43.0 Å².